The second-order valence-electron chi connectivity index (χ2n) is 1.97. The van der Waals surface area contributed by atoms with Gasteiger partial charge in [-0.25, -0.2) is 9.59 Å². The maximum atomic E-state index is 10.9. The third kappa shape index (κ3) is 3.42. The Bertz CT molecular complexity index is 225. The summed E-state index contributed by atoms with van der Waals surface area (Å²) in [4.78, 5) is 32.3. The van der Waals surface area contributed by atoms with Gasteiger partial charge in [0.25, 0.3) is 5.78 Å². The summed E-state index contributed by atoms with van der Waals surface area (Å²) in [6.45, 7) is 1.59. The smallest absolute Gasteiger partial charge is 0.376 e. The molecule has 0 saturated heterocycles. The molecule has 0 amide bonds. The highest BCUT2D eigenvalue weighted by molar-refractivity contribution is 6.54. The van der Waals surface area contributed by atoms with Crippen LogP contribution in [0.3, 0.4) is 0 Å². The zero-order valence-electron chi connectivity index (χ0n) is 7.20. The second-order valence-corrected chi connectivity index (χ2v) is 2.41. The third-order valence-corrected chi connectivity index (χ3v) is 1.49. The van der Waals surface area contributed by atoms with Crippen LogP contribution in [0.25, 0.3) is 0 Å². The first kappa shape index (κ1) is 11.9. The van der Waals surface area contributed by atoms with Gasteiger partial charge in [-0.2, -0.15) is 0 Å². The van der Waals surface area contributed by atoms with Gasteiger partial charge in [0.15, 0.2) is 0 Å². The van der Waals surface area contributed by atoms with E-state index in [1.807, 2.05) is 0 Å². The highest BCUT2D eigenvalue weighted by atomic mass is 35.5. The standard InChI is InChI=1S/C7H9ClO5/c1-3-13-7(11)5(9)4(8)6(10)12-2/h4H,3H2,1-2H3. The van der Waals surface area contributed by atoms with Gasteiger partial charge in [-0.05, 0) is 6.92 Å². The van der Waals surface area contributed by atoms with E-state index in [2.05, 4.69) is 9.47 Å². The number of Topliss-reactive ketones (excluding diaryl/α,β-unsaturated/α-hetero) is 1. The van der Waals surface area contributed by atoms with Crippen LogP contribution in [0, 0.1) is 0 Å². The first-order chi connectivity index (χ1) is 6.04. The third-order valence-electron chi connectivity index (χ3n) is 1.11. The van der Waals surface area contributed by atoms with Crippen LogP contribution in [0.2, 0.25) is 0 Å². The van der Waals surface area contributed by atoms with E-state index in [1.54, 1.807) is 0 Å². The van der Waals surface area contributed by atoms with Gasteiger partial charge in [-0.1, -0.05) is 0 Å². The molecule has 5 nitrogen and oxygen atoms in total. The summed E-state index contributed by atoms with van der Waals surface area (Å²) in [5.74, 6) is -3.22. The van der Waals surface area contributed by atoms with E-state index >= 15 is 0 Å². The van der Waals surface area contributed by atoms with E-state index in [-0.39, 0.29) is 6.61 Å². The molecule has 0 fully saturated rings. The Morgan fingerprint density at radius 3 is 2.31 bits per heavy atom. The summed E-state index contributed by atoms with van der Waals surface area (Å²) < 4.78 is 8.50. The average Bonchev–Trinajstić information content (AvgIpc) is 2.14. The lowest BCUT2D eigenvalue weighted by Gasteiger charge is -2.04. The fourth-order valence-electron chi connectivity index (χ4n) is 0.516. The highest BCUT2D eigenvalue weighted by Gasteiger charge is 2.31. The number of methoxy groups -OCH3 is 1. The Hall–Kier alpha value is -1.10. The molecule has 0 aliphatic rings. The Kier molecular flexibility index (Phi) is 5.06. The Morgan fingerprint density at radius 2 is 1.92 bits per heavy atom. The topological polar surface area (TPSA) is 69.7 Å². The minimum absolute atomic E-state index is 0.0509. The van der Waals surface area contributed by atoms with E-state index in [4.69, 9.17) is 11.6 Å². The summed E-state index contributed by atoms with van der Waals surface area (Å²) >= 11 is 5.29. The van der Waals surface area contributed by atoms with Crippen molar-refractivity contribution >= 4 is 29.3 Å². The number of halogens is 1. The molecule has 1 unspecified atom stereocenters. The molecular weight excluding hydrogens is 200 g/mol. The molecule has 0 aromatic carbocycles. The molecule has 0 spiro atoms. The number of hydrogen-bond donors (Lipinski definition) is 0. The van der Waals surface area contributed by atoms with Gasteiger partial charge in [-0.3, -0.25) is 4.79 Å². The molecule has 0 aromatic rings. The van der Waals surface area contributed by atoms with Gasteiger partial charge >= 0.3 is 11.9 Å². The van der Waals surface area contributed by atoms with E-state index in [0.717, 1.165) is 7.11 Å². The molecule has 0 aliphatic heterocycles. The van der Waals surface area contributed by atoms with E-state index in [0.29, 0.717) is 0 Å². The van der Waals surface area contributed by atoms with Gasteiger partial charge in [0.05, 0.1) is 13.7 Å². The van der Waals surface area contributed by atoms with Crippen molar-refractivity contribution in [2.24, 2.45) is 0 Å². The molecule has 74 valence electrons. The largest absolute Gasteiger partial charge is 0.468 e. The minimum atomic E-state index is -1.62. The van der Waals surface area contributed by atoms with Crippen LogP contribution in [0.1, 0.15) is 6.92 Å². The molecule has 1 atom stereocenters. The summed E-state index contributed by atoms with van der Waals surface area (Å²) in [5.41, 5.74) is 0. The second kappa shape index (κ2) is 5.53. The number of ketones is 1. The first-order valence-corrected chi connectivity index (χ1v) is 3.91. The van der Waals surface area contributed by atoms with Crippen molar-refractivity contribution in [3.8, 4) is 0 Å². The molecular formula is C7H9ClO5. The van der Waals surface area contributed by atoms with E-state index in [1.165, 1.54) is 6.92 Å². The van der Waals surface area contributed by atoms with Crippen molar-refractivity contribution in [2.75, 3.05) is 13.7 Å². The van der Waals surface area contributed by atoms with Gasteiger partial charge in [0, 0.05) is 0 Å². The normalized spacial score (nSPS) is 11.6. The van der Waals surface area contributed by atoms with Gasteiger partial charge < -0.3 is 9.47 Å². The van der Waals surface area contributed by atoms with Crippen molar-refractivity contribution in [3.63, 3.8) is 0 Å². The molecule has 0 bridgehead atoms. The van der Waals surface area contributed by atoms with Crippen molar-refractivity contribution < 1.29 is 23.9 Å². The summed E-state index contributed by atoms with van der Waals surface area (Å²) in [6.07, 6.45) is 0. The Labute approximate surface area is 79.9 Å². The highest BCUT2D eigenvalue weighted by Crippen LogP contribution is 2.01. The lowest BCUT2D eigenvalue weighted by molar-refractivity contribution is -0.156. The van der Waals surface area contributed by atoms with Crippen LogP contribution in [-0.4, -0.2) is 36.8 Å². The zero-order chi connectivity index (χ0) is 10.4. The van der Waals surface area contributed by atoms with Crippen molar-refractivity contribution in [3.05, 3.63) is 0 Å². The molecule has 0 N–H and O–H groups in total. The molecule has 0 aromatic heterocycles. The average molecular weight is 209 g/mol. The van der Waals surface area contributed by atoms with E-state index < -0.39 is 23.1 Å². The SMILES string of the molecule is CCOC(=O)C(=O)C(Cl)C(=O)OC. The number of ether oxygens (including phenoxy) is 2. The summed E-state index contributed by atoms with van der Waals surface area (Å²) in [6, 6.07) is 0. The van der Waals surface area contributed by atoms with Crippen LogP contribution < -0.4 is 0 Å². The molecule has 6 heteroatoms. The van der Waals surface area contributed by atoms with Crippen LogP contribution >= 0.6 is 11.6 Å². The Morgan fingerprint density at radius 1 is 1.38 bits per heavy atom. The molecule has 0 aliphatic carbocycles. The number of carbonyl (C=O) groups excluding carboxylic acids is 3. The van der Waals surface area contributed by atoms with Crippen molar-refractivity contribution in [1.29, 1.82) is 0 Å². The minimum Gasteiger partial charge on any atom is -0.468 e. The number of alkyl halides is 1. The predicted octanol–water partition coefficient (Wildman–Crippen LogP) is -0.101. The fraction of sp³-hybridized carbons (Fsp3) is 0.571. The maximum absolute atomic E-state index is 10.9. The number of rotatable bonds is 4. The number of carbonyl (C=O) groups is 3. The van der Waals surface area contributed by atoms with Gasteiger partial charge in [-0.15, -0.1) is 11.6 Å². The van der Waals surface area contributed by atoms with Gasteiger partial charge in [0.1, 0.15) is 0 Å². The van der Waals surface area contributed by atoms with Crippen molar-refractivity contribution in [1.82, 2.24) is 0 Å². The monoisotopic (exact) mass is 208 g/mol. The summed E-state index contributed by atoms with van der Waals surface area (Å²) in [7, 11) is 1.07. The maximum Gasteiger partial charge on any atom is 0.376 e. The lowest BCUT2D eigenvalue weighted by atomic mass is 10.3. The molecule has 13 heavy (non-hydrogen) atoms. The number of hydrogen-bond acceptors (Lipinski definition) is 5. The molecule has 0 saturated carbocycles. The number of esters is 2. The Balaban J connectivity index is 4.25. The first-order valence-electron chi connectivity index (χ1n) is 3.47. The van der Waals surface area contributed by atoms with Crippen LogP contribution in [-0.2, 0) is 23.9 Å². The zero-order valence-corrected chi connectivity index (χ0v) is 7.96. The van der Waals surface area contributed by atoms with Crippen LogP contribution in [0.4, 0.5) is 0 Å². The predicted molar refractivity (Wildman–Crippen MR) is 43.3 cm³/mol. The molecule has 0 heterocycles. The quantitative estimate of drug-likeness (QED) is 0.279. The summed E-state index contributed by atoms with van der Waals surface area (Å²) in [5, 5.41) is -1.62. The molecule has 0 rings (SSSR count). The van der Waals surface area contributed by atoms with Crippen LogP contribution in [0.5, 0.6) is 0 Å². The fourth-order valence-corrected chi connectivity index (χ4v) is 0.694. The van der Waals surface area contributed by atoms with Crippen molar-refractivity contribution in [2.45, 2.75) is 12.3 Å². The lowest BCUT2D eigenvalue weighted by Crippen LogP contribution is -2.33. The van der Waals surface area contributed by atoms with Crippen LogP contribution in [0.15, 0.2) is 0 Å². The molecule has 0 radical (unpaired) electrons. The van der Waals surface area contributed by atoms with E-state index in [9.17, 15) is 14.4 Å². The van der Waals surface area contributed by atoms with Gasteiger partial charge in [0.2, 0.25) is 5.38 Å².